The van der Waals surface area contributed by atoms with Gasteiger partial charge in [-0.15, -0.1) is 0 Å². The molecular formula is C17H28N2. The van der Waals surface area contributed by atoms with Crippen LogP contribution in [0, 0.1) is 0 Å². The smallest absolute Gasteiger partial charge is 0.0371 e. The van der Waals surface area contributed by atoms with E-state index in [2.05, 4.69) is 63.8 Å². The average Bonchev–Trinajstić information content (AvgIpc) is 2.31. The number of hydrogen-bond acceptors (Lipinski definition) is 2. The Labute approximate surface area is 118 Å². The molecular weight excluding hydrogens is 232 g/mol. The number of benzene rings is 1. The van der Waals surface area contributed by atoms with Gasteiger partial charge in [0.2, 0.25) is 0 Å². The summed E-state index contributed by atoms with van der Waals surface area (Å²) in [6.45, 7) is 12.4. The van der Waals surface area contributed by atoms with Gasteiger partial charge >= 0.3 is 0 Å². The molecule has 2 N–H and O–H groups in total. The Morgan fingerprint density at radius 2 is 1.74 bits per heavy atom. The molecule has 2 heteroatoms. The fraction of sp³-hybridized carbons (Fsp3) is 0.647. The number of anilines is 1. The van der Waals surface area contributed by atoms with Gasteiger partial charge in [0.15, 0.2) is 0 Å². The molecule has 0 aromatic heterocycles. The fourth-order valence-corrected chi connectivity index (χ4v) is 2.84. The van der Waals surface area contributed by atoms with Crippen molar-refractivity contribution >= 4 is 5.69 Å². The van der Waals surface area contributed by atoms with E-state index in [1.54, 1.807) is 0 Å². The van der Waals surface area contributed by atoms with Crippen molar-refractivity contribution in [3.8, 4) is 0 Å². The first kappa shape index (κ1) is 14.4. The van der Waals surface area contributed by atoms with Crippen molar-refractivity contribution in [3.05, 3.63) is 29.8 Å². The van der Waals surface area contributed by atoms with Crippen molar-refractivity contribution in [1.29, 1.82) is 0 Å². The van der Waals surface area contributed by atoms with Gasteiger partial charge in [-0.25, -0.2) is 0 Å². The molecule has 1 fully saturated rings. The van der Waals surface area contributed by atoms with Crippen LogP contribution in [0.2, 0.25) is 0 Å². The zero-order chi connectivity index (χ0) is 14.3. The van der Waals surface area contributed by atoms with Gasteiger partial charge in [-0.05, 0) is 49.8 Å². The van der Waals surface area contributed by atoms with Crippen molar-refractivity contribution in [1.82, 2.24) is 0 Å². The van der Waals surface area contributed by atoms with Crippen LogP contribution in [-0.4, -0.2) is 18.1 Å². The molecule has 1 saturated heterocycles. The largest absolute Gasteiger partial charge is 0.365 e. The van der Waals surface area contributed by atoms with Crippen molar-refractivity contribution in [3.63, 3.8) is 0 Å². The maximum absolute atomic E-state index is 6.14. The highest BCUT2D eigenvalue weighted by Gasteiger charge is 2.33. The monoisotopic (exact) mass is 260 g/mol. The predicted octanol–water partition coefficient (Wildman–Crippen LogP) is 3.69. The van der Waals surface area contributed by atoms with E-state index in [9.17, 15) is 0 Å². The number of rotatable bonds is 1. The summed E-state index contributed by atoms with van der Waals surface area (Å²) in [4.78, 5) is 2.47. The summed E-state index contributed by atoms with van der Waals surface area (Å²) in [6, 6.07) is 9.31. The van der Waals surface area contributed by atoms with Gasteiger partial charge in [-0.2, -0.15) is 0 Å². The molecule has 2 rings (SSSR count). The molecule has 1 aliphatic heterocycles. The summed E-state index contributed by atoms with van der Waals surface area (Å²) in [5, 5.41) is 0. The van der Waals surface area contributed by atoms with E-state index in [0.29, 0.717) is 6.04 Å². The highest BCUT2D eigenvalue weighted by molar-refractivity contribution is 5.51. The molecule has 0 aliphatic carbocycles. The number of nitrogens with two attached hydrogens (primary N) is 1. The molecule has 0 radical (unpaired) electrons. The van der Waals surface area contributed by atoms with Gasteiger partial charge in [0.1, 0.15) is 0 Å². The third kappa shape index (κ3) is 3.11. The van der Waals surface area contributed by atoms with Gasteiger partial charge < -0.3 is 10.6 Å². The highest BCUT2D eigenvalue weighted by Crippen LogP contribution is 2.33. The predicted molar refractivity (Wildman–Crippen MR) is 83.8 cm³/mol. The minimum absolute atomic E-state index is 0.207. The van der Waals surface area contributed by atoms with E-state index in [-0.39, 0.29) is 11.0 Å². The number of nitrogens with zero attached hydrogens (tertiary/aromatic N) is 1. The Balaban J connectivity index is 2.26. The standard InChI is InChI=1S/C17H28N2/c1-16(2,3)13-6-8-15(9-7-13)19-12-14(18)10-11-17(19,4)5/h6-9,14H,10-12,18H2,1-5H3. The topological polar surface area (TPSA) is 29.3 Å². The first-order valence-corrected chi connectivity index (χ1v) is 7.34. The summed E-state index contributed by atoms with van der Waals surface area (Å²) in [6.07, 6.45) is 2.29. The Kier molecular flexibility index (Phi) is 3.65. The van der Waals surface area contributed by atoms with Crippen LogP contribution in [0.4, 0.5) is 5.69 Å². The van der Waals surface area contributed by atoms with Crippen LogP contribution in [0.3, 0.4) is 0 Å². The van der Waals surface area contributed by atoms with Crippen molar-refractivity contribution < 1.29 is 0 Å². The molecule has 1 aromatic carbocycles. The van der Waals surface area contributed by atoms with Gasteiger partial charge in [-0.3, -0.25) is 0 Å². The lowest BCUT2D eigenvalue weighted by Gasteiger charge is -2.46. The maximum Gasteiger partial charge on any atom is 0.0371 e. The second-order valence-corrected chi connectivity index (χ2v) is 7.52. The quantitative estimate of drug-likeness (QED) is 0.834. The molecule has 106 valence electrons. The van der Waals surface area contributed by atoms with Crippen molar-refractivity contribution in [2.45, 2.75) is 64.5 Å². The molecule has 19 heavy (non-hydrogen) atoms. The summed E-state index contributed by atoms with van der Waals surface area (Å²) in [7, 11) is 0. The molecule has 1 aromatic rings. The summed E-state index contributed by atoms with van der Waals surface area (Å²) >= 11 is 0. The van der Waals surface area contributed by atoms with Crippen LogP contribution in [0.15, 0.2) is 24.3 Å². The first-order chi connectivity index (χ1) is 8.70. The normalized spacial score (nSPS) is 23.5. The SMILES string of the molecule is CC(C)(C)c1ccc(N2CC(N)CCC2(C)C)cc1. The van der Waals surface area contributed by atoms with E-state index in [0.717, 1.165) is 19.4 Å². The zero-order valence-corrected chi connectivity index (χ0v) is 13.0. The van der Waals surface area contributed by atoms with E-state index in [1.165, 1.54) is 11.3 Å². The first-order valence-electron chi connectivity index (χ1n) is 7.34. The van der Waals surface area contributed by atoms with E-state index in [1.807, 2.05) is 0 Å². The van der Waals surface area contributed by atoms with Crippen molar-refractivity contribution in [2.75, 3.05) is 11.4 Å². The van der Waals surface area contributed by atoms with Crippen LogP contribution in [0.25, 0.3) is 0 Å². The summed E-state index contributed by atoms with van der Waals surface area (Å²) in [5.41, 5.74) is 9.25. The Morgan fingerprint density at radius 1 is 1.16 bits per heavy atom. The second-order valence-electron chi connectivity index (χ2n) is 7.52. The maximum atomic E-state index is 6.14. The van der Waals surface area contributed by atoms with E-state index in [4.69, 9.17) is 5.73 Å². The third-order valence-corrected chi connectivity index (χ3v) is 4.32. The highest BCUT2D eigenvalue weighted by atomic mass is 15.2. The van der Waals surface area contributed by atoms with Gasteiger partial charge in [0.05, 0.1) is 0 Å². The minimum atomic E-state index is 0.207. The number of hydrogen-bond donors (Lipinski definition) is 1. The second kappa shape index (κ2) is 4.82. The van der Waals surface area contributed by atoms with Crippen LogP contribution in [-0.2, 0) is 5.41 Å². The van der Waals surface area contributed by atoms with Crippen LogP contribution < -0.4 is 10.6 Å². The Morgan fingerprint density at radius 3 is 2.26 bits per heavy atom. The lowest BCUT2D eigenvalue weighted by molar-refractivity contribution is 0.335. The minimum Gasteiger partial charge on any atom is -0.365 e. The van der Waals surface area contributed by atoms with Crippen LogP contribution >= 0.6 is 0 Å². The van der Waals surface area contributed by atoms with Crippen molar-refractivity contribution in [2.24, 2.45) is 5.73 Å². The molecule has 1 heterocycles. The summed E-state index contributed by atoms with van der Waals surface area (Å²) in [5.74, 6) is 0. The molecule has 1 atom stereocenters. The van der Waals surface area contributed by atoms with Gasteiger partial charge in [0.25, 0.3) is 0 Å². The Hall–Kier alpha value is -1.02. The Bertz CT molecular complexity index is 426. The molecule has 0 saturated carbocycles. The lowest BCUT2D eigenvalue weighted by atomic mass is 9.85. The molecule has 0 bridgehead atoms. The van der Waals surface area contributed by atoms with E-state index >= 15 is 0 Å². The van der Waals surface area contributed by atoms with Gasteiger partial charge in [-0.1, -0.05) is 32.9 Å². The molecule has 0 amide bonds. The van der Waals surface area contributed by atoms with E-state index < -0.39 is 0 Å². The fourth-order valence-electron chi connectivity index (χ4n) is 2.84. The molecule has 0 spiro atoms. The number of piperidine rings is 1. The molecule has 1 aliphatic rings. The van der Waals surface area contributed by atoms with Crippen LogP contribution in [0.5, 0.6) is 0 Å². The van der Waals surface area contributed by atoms with Crippen LogP contribution in [0.1, 0.15) is 53.0 Å². The summed E-state index contributed by atoms with van der Waals surface area (Å²) < 4.78 is 0. The lowest BCUT2D eigenvalue weighted by Crippen LogP contribution is -2.54. The molecule has 2 nitrogen and oxygen atoms in total. The zero-order valence-electron chi connectivity index (χ0n) is 13.0. The van der Waals surface area contributed by atoms with Gasteiger partial charge in [0, 0.05) is 23.8 Å². The average molecular weight is 260 g/mol. The molecule has 1 unspecified atom stereocenters. The third-order valence-electron chi connectivity index (χ3n) is 4.32.